The molecule has 2 aromatic rings. The maximum Gasteiger partial charge on any atom is 0.253 e. The van der Waals surface area contributed by atoms with Crippen LogP contribution in [0.3, 0.4) is 0 Å². The van der Waals surface area contributed by atoms with Gasteiger partial charge in [-0.3, -0.25) is 9.59 Å². The third kappa shape index (κ3) is 5.32. The highest BCUT2D eigenvalue weighted by Crippen LogP contribution is 2.25. The van der Waals surface area contributed by atoms with E-state index in [4.69, 9.17) is 0 Å². The molecular weight excluding hydrogens is 414 g/mol. The summed E-state index contributed by atoms with van der Waals surface area (Å²) in [7, 11) is -3.60. The van der Waals surface area contributed by atoms with Crippen LogP contribution in [0.5, 0.6) is 0 Å². The Kier molecular flexibility index (Phi) is 6.52. The third-order valence-electron chi connectivity index (χ3n) is 5.34. The second-order valence-corrected chi connectivity index (χ2v) is 10.7. The molecule has 0 bridgehead atoms. The van der Waals surface area contributed by atoms with Gasteiger partial charge in [0.15, 0.2) is 0 Å². The van der Waals surface area contributed by atoms with E-state index in [0.717, 1.165) is 5.56 Å². The highest BCUT2D eigenvalue weighted by Gasteiger charge is 2.30. The summed E-state index contributed by atoms with van der Waals surface area (Å²) in [5, 5.41) is 2.66. The van der Waals surface area contributed by atoms with Crippen molar-refractivity contribution in [1.82, 2.24) is 9.21 Å². The number of hydrogen-bond acceptors (Lipinski definition) is 4. The van der Waals surface area contributed by atoms with Crippen LogP contribution in [0.15, 0.2) is 53.4 Å². The summed E-state index contributed by atoms with van der Waals surface area (Å²) >= 11 is 0. The minimum absolute atomic E-state index is 0.0470. The Morgan fingerprint density at radius 2 is 1.42 bits per heavy atom. The van der Waals surface area contributed by atoms with Crippen molar-refractivity contribution in [2.24, 2.45) is 0 Å². The van der Waals surface area contributed by atoms with Gasteiger partial charge >= 0.3 is 0 Å². The maximum atomic E-state index is 13.0. The van der Waals surface area contributed by atoms with Crippen molar-refractivity contribution in [3.63, 3.8) is 0 Å². The first kappa shape index (κ1) is 23.0. The molecular formula is C23H29N3O4S. The number of rotatable bonds is 4. The fourth-order valence-electron chi connectivity index (χ4n) is 3.49. The fraction of sp³-hybridized carbons (Fsp3) is 0.391. The van der Waals surface area contributed by atoms with E-state index in [0.29, 0.717) is 24.3 Å². The van der Waals surface area contributed by atoms with Gasteiger partial charge in [0.25, 0.3) is 5.91 Å². The van der Waals surface area contributed by atoms with Gasteiger partial charge < -0.3 is 10.2 Å². The Bertz CT molecular complexity index is 1050. The summed E-state index contributed by atoms with van der Waals surface area (Å²) in [4.78, 5) is 25.8. The lowest BCUT2D eigenvalue weighted by atomic mass is 9.87. The van der Waals surface area contributed by atoms with Crippen molar-refractivity contribution in [2.45, 2.75) is 38.0 Å². The molecule has 2 amide bonds. The standard InChI is InChI=1S/C23H29N3O4S/c1-17(27)24-20-9-5-18(6-10-20)22(28)25-13-15-26(16-14-25)31(29,30)21-11-7-19(8-12-21)23(2,3)4/h5-12H,13-16H2,1-4H3,(H,24,27). The average Bonchev–Trinajstić information content (AvgIpc) is 2.73. The van der Waals surface area contributed by atoms with Crippen LogP contribution in [-0.2, 0) is 20.2 Å². The Morgan fingerprint density at radius 3 is 1.90 bits per heavy atom. The molecule has 1 aliphatic heterocycles. The van der Waals surface area contributed by atoms with Gasteiger partial charge in [-0.05, 0) is 47.4 Å². The van der Waals surface area contributed by atoms with E-state index < -0.39 is 10.0 Å². The van der Waals surface area contributed by atoms with Crippen LogP contribution in [0.1, 0.15) is 43.6 Å². The van der Waals surface area contributed by atoms with Crippen LogP contribution >= 0.6 is 0 Å². The number of carbonyl (C=O) groups excluding carboxylic acids is 2. The molecule has 2 aromatic carbocycles. The van der Waals surface area contributed by atoms with Crippen molar-refractivity contribution in [3.05, 3.63) is 59.7 Å². The molecule has 3 rings (SSSR count). The fourth-order valence-corrected chi connectivity index (χ4v) is 4.91. The van der Waals surface area contributed by atoms with Gasteiger partial charge in [-0.15, -0.1) is 0 Å². The van der Waals surface area contributed by atoms with E-state index in [-0.39, 0.29) is 35.2 Å². The summed E-state index contributed by atoms with van der Waals surface area (Å²) in [6.07, 6.45) is 0. The van der Waals surface area contributed by atoms with Crippen LogP contribution in [0.2, 0.25) is 0 Å². The Labute approximate surface area is 184 Å². The van der Waals surface area contributed by atoms with Crippen molar-refractivity contribution in [2.75, 3.05) is 31.5 Å². The van der Waals surface area contributed by atoms with Gasteiger partial charge in [0.05, 0.1) is 4.90 Å². The first-order valence-corrected chi connectivity index (χ1v) is 11.7. The molecule has 1 aliphatic rings. The highest BCUT2D eigenvalue weighted by molar-refractivity contribution is 7.89. The monoisotopic (exact) mass is 443 g/mol. The smallest absolute Gasteiger partial charge is 0.253 e. The lowest BCUT2D eigenvalue weighted by molar-refractivity contribution is -0.114. The van der Waals surface area contributed by atoms with Crippen LogP contribution in [0, 0.1) is 0 Å². The van der Waals surface area contributed by atoms with Gasteiger partial charge in [0.2, 0.25) is 15.9 Å². The van der Waals surface area contributed by atoms with Gasteiger partial charge in [-0.1, -0.05) is 32.9 Å². The lowest BCUT2D eigenvalue weighted by Gasteiger charge is -2.34. The minimum Gasteiger partial charge on any atom is -0.336 e. The molecule has 8 heteroatoms. The largest absolute Gasteiger partial charge is 0.336 e. The lowest BCUT2D eigenvalue weighted by Crippen LogP contribution is -2.50. The molecule has 0 unspecified atom stereocenters. The predicted octanol–water partition coefficient (Wildman–Crippen LogP) is 3.09. The topological polar surface area (TPSA) is 86.8 Å². The zero-order valence-corrected chi connectivity index (χ0v) is 19.2. The molecule has 1 N–H and O–H groups in total. The van der Waals surface area contributed by atoms with E-state index in [1.807, 2.05) is 12.1 Å². The van der Waals surface area contributed by atoms with Crippen molar-refractivity contribution >= 4 is 27.5 Å². The van der Waals surface area contributed by atoms with E-state index in [1.54, 1.807) is 41.3 Å². The Balaban J connectivity index is 1.64. The molecule has 1 heterocycles. The van der Waals surface area contributed by atoms with Crippen molar-refractivity contribution in [3.8, 4) is 0 Å². The predicted molar refractivity (Wildman–Crippen MR) is 121 cm³/mol. The molecule has 0 spiro atoms. The van der Waals surface area contributed by atoms with Gasteiger partial charge in [0.1, 0.15) is 0 Å². The van der Waals surface area contributed by atoms with Crippen LogP contribution in [-0.4, -0.2) is 55.6 Å². The molecule has 1 saturated heterocycles. The van der Waals surface area contributed by atoms with E-state index in [9.17, 15) is 18.0 Å². The number of anilines is 1. The van der Waals surface area contributed by atoms with Gasteiger partial charge in [0, 0.05) is 44.4 Å². The quantitative estimate of drug-likeness (QED) is 0.787. The summed E-state index contributed by atoms with van der Waals surface area (Å²) in [6, 6.07) is 13.7. The molecule has 166 valence electrons. The molecule has 7 nitrogen and oxygen atoms in total. The van der Waals surface area contributed by atoms with E-state index in [2.05, 4.69) is 26.1 Å². The molecule has 0 atom stereocenters. The van der Waals surface area contributed by atoms with Gasteiger partial charge in [-0.25, -0.2) is 8.42 Å². The average molecular weight is 444 g/mol. The number of amides is 2. The molecule has 31 heavy (non-hydrogen) atoms. The Hall–Kier alpha value is -2.71. The number of benzene rings is 2. The van der Waals surface area contributed by atoms with Crippen LogP contribution in [0.25, 0.3) is 0 Å². The SMILES string of the molecule is CC(=O)Nc1ccc(C(=O)N2CCN(S(=O)(=O)c3ccc(C(C)(C)C)cc3)CC2)cc1. The van der Waals surface area contributed by atoms with Crippen molar-refractivity contribution < 1.29 is 18.0 Å². The molecule has 0 saturated carbocycles. The number of carbonyl (C=O) groups is 2. The summed E-state index contributed by atoms with van der Waals surface area (Å²) in [5.74, 6) is -0.328. The molecule has 1 fully saturated rings. The molecule has 0 radical (unpaired) electrons. The summed E-state index contributed by atoms with van der Waals surface area (Å²) in [6.45, 7) is 8.82. The van der Waals surface area contributed by atoms with Crippen LogP contribution < -0.4 is 5.32 Å². The Morgan fingerprint density at radius 1 is 0.871 bits per heavy atom. The second kappa shape index (κ2) is 8.80. The van der Waals surface area contributed by atoms with E-state index in [1.165, 1.54) is 11.2 Å². The zero-order chi connectivity index (χ0) is 22.8. The second-order valence-electron chi connectivity index (χ2n) is 8.73. The first-order chi connectivity index (χ1) is 14.5. The van der Waals surface area contributed by atoms with Crippen molar-refractivity contribution in [1.29, 1.82) is 0 Å². The number of sulfonamides is 1. The van der Waals surface area contributed by atoms with Gasteiger partial charge in [-0.2, -0.15) is 4.31 Å². The van der Waals surface area contributed by atoms with Crippen LogP contribution in [0.4, 0.5) is 5.69 Å². The normalized spacial score (nSPS) is 15.5. The molecule has 0 aromatic heterocycles. The molecule has 0 aliphatic carbocycles. The highest BCUT2D eigenvalue weighted by atomic mass is 32.2. The first-order valence-electron chi connectivity index (χ1n) is 10.3. The number of nitrogens with zero attached hydrogens (tertiary/aromatic N) is 2. The summed E-state index contributed by atoms with van der Waals surface area (Å²) < 4.78 is 27.4. The minimum atomic E-state index is -3.60. The number of piperazine rings is 1. The number of nitrogens with one attached hydrogen (secondary N) is 1. The number of hydrogen-bond donors (Lipinski definition) is 1. The zero-order valence-electron chi connectivity index (χ0n) is 18.4. The third-order valence-corrected chi connectivity index (χ3v) is 7.25. The van der Waals surface area contributed by atoms with E-state index >= 15 is 0 Å². The maximum absolute atomic E-state index is 13.0. The summed E-state index contributed by atoms with van der Waals surface area (Å²) in [5.41, 5.74) is 2.15.